The van der Waals surface area contributed by atoms with Crippen LogP contribution in [0.4, 0.5) is 0 Å². The molecule has 1 N–H and O–H groups in total. The van der Waals surface area contributed by atoms with Crippen molar-refractivity contribution in [3.8, 4) is 5.75 Å². The molecule has 1 atom stereocenters. The van der Waals surface area contributed by atoms with E-state index < -0.39 is 0 Å². The molecule has 146 valence electrons. The number of ether oxygens (including phenoxy) is 1. The number of amides is 1. The first-order valence-electron chi connectivity index (χ1n) is 9.30. The van der Waals surface area contributed by atoms with E-state index in [2.05, 4.69) is 43.4 Å². The van der Waals surface area contributed by atoms with Crippen molar-refractivity contribution in [1.82, 2.24) is 5.32 Å². The summed E-state index contributed by atoms with van der Waals surface area (Å²) in [6, 6.07) is 15.8. The topological polar surface area (TPSA) is 38.3 Å². The monoisotopic (exact) mass is 413 g/mol. The van der Waals surface area contributed by atoms with Crippen LogP contribution >= 0.6 is 22.9 Å². The first-order chi connectivity index (χ1) is 13.5. The Morgan fingerprint density at radius 2 is 1.89 bits per heavy atom. The van der Waals surface area contributed by atoms with Crippen LogP contribution in [0.15, 0.2) is 53.9 Å². The maximum Gasteiger partial charge on any atom is 0.261 e. The van der Waals surface area contributed by atoms with Gasteiger partial charge in [-0.15, -0.1) is 11.3 Å². The number of nitrogens with one attached hydrogen (secondary N) is 1. The lowest BCUT2D eigenvalue weighted by Crippen LogP contribution is -2.27. The Morgan fingerprint density at radius 1 is 1.14 bits per heavy atom. The number of halogens is 1. The van der Waals surface area contributed by atoms with Crippen molar-refractivity contribution in [3.05, 3.63) is 86.1 Å². The van der Waals surface area contributed by atoms with Crippen molar-refractivity contribution in [1.29, 1.82) is 0 Å². The van der Waals surface area contributed by atoms with E-state index >= 15 is 0 Å². The quantitative estimate of drug-likeness (QED) is 0.481. The van der Waals surface area contributed by atoms with Crippen LogP contribution in [-0.4, -0.2) is 5.91 Å². The summed E-state index contributed by atoms with van der Waals surface area (Å²) in [6.07, 6.45) is 0.839. The molecule has 3 rings (SSSR count). The van der Waals surface area contributed by atoms with Gasteiger partial charge in [0, 0.05) is 10.6 Å². The van der Waals surface area contributed by atoms with Crippen molar-refractivity contribution in [2.24, 2.45) is 0 Å². The first kappa shape index (κ1) is 20.4. The largest absolute Gasteiger partial charge is 0.489 e. The van der Waals surface area contributed by atoms with E-state index in [4.69, 9.17) is 16.3 Å². The summed E-state index contributed by atoms with van der Waals surface area (Å²) >= 11 is 7.42. The third-order valence-electron chi connectivity index (χ3n) is 4.60. The van der Waals surface area contributed by atoms with E-state index in [9.17, 15) is 4.79 Å². The molecule has 0 aliphatic carbocycles. The van der Waals surface area contributed by atoms with Crippen LogP contribution in [-0.2, 0) is 6.61 Å². The molecule has 0 bridgehead atoms. The maximum absolute atomic E-state index is 12.7. The van der Waals surface area contributed by atoms with Crippen LogP contribution in [0.5, 0.6) is 5.75 Å². The van der Waals surface area contributed by atoms with Gasteiger partial charge in [0.05, 0.1) is 10.9 Å². The summed E-state index contributed by atoms with van der Waals surface area (Å²) in [5, 5.41) is 5.80. The van der Waals surface area contributed by atoms with Crippen LogP contribution in [0.3, 0.4) is 0 Å². The van der Waals surface area contributed by atoms with Crippen LogP contribution in [0.25, 0.3) is 0 Å². The van der Waals surface area contributed by atoms with Crippen molar-refractivity contribution in [3.63, 3.8) is 0 Å². The summed E-state index contributed by atoms with van der Waals surface area (Å²) in [5.74, 6) is 0.748. The van der Waals surface area contributed by atoms with Gasteiger partial charge >= 0.3 is 0 Å². The van der Waals surface area contributed by atoms with Gasteiger partial charge in [0.25, 0.3) is 5.91 Å². The van der Waals surface area contributed by atoms with Gasteiger partial charge in [-0.25, -0.2) is 0 Å². The fourth-order valence-corrected chi connectivity index (χ4v) is 3.98. The highest BCUT2D eigenvalue weighted by molar-refractivity contribution is 7.12. The predicted octanol–water partition coefficient (Wildman–Crippen LogP) is 6.48. The van der Waals surface area contributed by atoms with Crippen molar-refractivity contribution >= 4 is 28.8 Å². The lowest BCUT2D eigenvalue weighted by Gasteiger charge is -2.17. The molecule has 0 spiro atoms. The third kappa shape index (κ3) is 5.15. The summed E-state index contributed by atoms with van der Waals surface area (Å²) in [4.78, 5) is 13.4. The average Bonchev–Trinajstić information content (AvgIpc) is 3.15. The average molecular weight is 414 g/mol. The van der Waals surface area contributed by atoms with Crippen molar-refractivity contribution in [2.75, 3.05) is 0 Å². The Kier molecular flexibility index (Phi) is 6.76. The van der Waals surface area contributed by atoms with Crippen LogP contribution in [0, 0.1) is 13.8 Å². The fourth-order valence-electron chi connectivity index (χ4n) is 2.96. The standard InChI is InChI=1S/C23H24ClNO2S/c1-4-20(18-7-5-15(2)6-8-18)25-23(26)22-12-17(14-28-22)13-27-21-10-9-19(24)11-16(21)3/h5-12,14,20H,4,13H2,1-3H3,(H,25,26). The summed E-state index contributed by atoms with van der Waals surface area (Å²) < 4.78 is 5.87. The van der Waals surface area contributed by atoms with Crippen LogP contribution < -0.4 is 10.1 Å². The Balaban J connectivity index is 1.62. The second-order valence-corrected chi connectivity index (χ2v) is 8.21. The lowest BCUT2D eigenvalue weighted by molar-refractivity contribution is 0.0939. The molecule has 2 aromatic carbocycles. The van der Waals surface area contributed by atoms with Crippen molar-refractivity contribution in [2.45, 2.75) is 39.8 Å². The molecule has 28 heavy (non-hydrogen) atoms. The Hall–Kier alpha value is -2.30. The number of carbonyl (C=O) groups is 1. The zero-order chi connectivity index (χ0) is 20.1. The van der Waals surface area contributed by atoms with Crippen molar-refractivity contribution < 1.29 is 9.53 Å². The van der Waals surface area contributed by atoms with Gasteiger partial charge in [0.1, 0.15) is 12.4 Å². The van der Waals surface area contributed by atoms with E-state index in [-0.39, 0.29) is 11.9 Å². The minimum Gasteiger partial charge on any atom is -0.489 e. The molecule has 5 heteroatoms. The Bertz CT molecular complexity index is 949. The highest BCUT2D eigenvalue weighted by atomic mass is 35.5. The van der Waals surface area contributed by atoms with E-state index in [1.54, 1.807) is 0 Å². The van der Waals surface area contributed by atoms with Gasteiger partial charge in [-0.1, -0.05) is 48.4 Å². The molecule has 1 aromatic heterocycles. The molecule has 0 saturated heterocycles. The van der Waals surface area contributed by atoms with Gasteiger partial charge in [-0.2, -0.15) is 0 Å². The van der Waals surface area contributed by atoms with Gasteiger partial charge in [0.2, 0.25) is 0 Å². The number of hydrogen-bond donors (Lipinski definition) is 1. The summed E-state index contributed by atoms with van der Waals surface area (Å²) in [7, 11) is 0. The van der Waals surface area contributed by atoms with E-state index in [1.165, 1.54) is 16.9 Å². The lowest BCUT2D eigenvalue weighted by atomic mass is 10.0. The molecule has 3 aromatic rings. The van der Waals surface area contributed by atoms with E-state index in [1.807, 2.05) is 36.6 Å². The molecule has 0 aliphatic rings. The predicted molar refractivity (Wildman–Crippen MR) is 117 cm³/mol. The Labute approximate surface area is 175 Å². The van der Waals surface area contributed by atoms with Gasteiger partial charge in [0.15, 0.2) is 0 Å². The number of carbonyl (C=O) groups excluding carboxylic acids is 1. The molecule has 0 radical (unpaired) electrons. The van der Waals surface area contributed by atoms with Gasteiger partial charge < -0.3 is 10.1 Å². The smallest absolute Gasteiger partial charge is 0.261 e. The second kappa shape index (κ2) is 9.26. The molecular formula is C23H24ClNO2S. The highest BCUT2D eigenvalue weighted by Crippen LogP contribution is 2.24. The zero-order valence-corrected chi connectivity index (χ0v) is 17.9. The summed E-state index contributed by atoms with van der Waals surface area (Å²) in [6.45, 7) is 6.52. The molecule has 1 unspecified atom stereocenters. The first-order valence-corrected chi connectivity index (χ1v) is 10.6. The highest BCUT2D eigenvalue weighted by Gasteiger charge is 2.16. The number of benzene rings is 2. The van der Waals surface area contributed by atoms with Gasteiger partial charge in [-0.05, 0) is 61.0 Å². The minimum absolute atomic E-state index is 0.00613. The Morgan fingerprint density at radius 3 is 2.57 bits per heavy atom. The fraction of sp³-hybridized carbons (Fsp3) is 0.261. The molecule has 0 aliphatic heterocycles. The molecule has 3 nitrogen and oxygen atoms in total. The SMILES string of the molecule is CCC(NC(=O)c1cc(COc2ccc(Cl)cc2C)cs1)c1ccc(C)cc1. The van der Waals surface area contributed by atoms with Gasteiger partial charge in [-0.3, -0.25) is 4.79 Å². The zero-order valence-electron chi connectivity index (χ0n) is 16.3. The van der Waals surface area contributed by atoms with Crippen LogP contribution in [0.1, 0.15) is 51.3 Å². The molecule has 1 amide bonds. The molecule has 1 heterocycles. The maximum atomic E-state index is 12.7. The summed E-state index contributed by atoms with van der Waals surface area (Å²) in [5.41, 5.74) is 4.31. The normalized spacial score (nSPS) is 11.9. The van der Waals surface area contributed by atoms with Crippen LogP contribution in [0.2, 0.25) is 5.02 Å². The number of aryl methyl sites for hydroxylation is 2. The number of thiophene rings is 1. The molecular weight excluding hydrogens is 390 g/mol. The second-order valence-electron chi connectivity index (χ2n) is 6.86. The number of hydrogen-bond acceptors (Lipinski definition) is 3. The molecule has 0 saturated carbocycles. The van der Waals surface area contributed by atoms with E-state index in [0.29, 0.717) is 16.5 Å². The minimum atomic E-state index is -0.0497. The third-order valence-corrected chi connectivity index (χ3v) is 5.82. The van der Waals surface area contributed by atoms with E-state index in [0.717, 1.165) is 28.9 Å². The number of rotatable bonds is 7. The molecule has 0 fully saturated rings.